The number of benzene rings is 1. The molecule has 0 fully saturated rings. The SMILES string of the molecule is COC(OC)c1ccc(OCCOCCOCCOCCN)cc1. The third kappa shape index (κ3) is 9.17. The van der Waals surface area contributed by atoms with E-state index in [4.69, 9.17) is 34.2 Å². The summed E-state index contributed by atoms with van der Waals surface area (Å²) >= 11 is 0. The zero-order valence-electron chi connectivity index (χ0n) is 14.6. The van der Waals surface area contributed by atoms with Gasteiger partial charge in [-0.3, -0.25) is 0 Å². The van der Waals surface area contributed by atoms with Crippen LogP contribution in [-0.2, 0) is 23.7 Å². The summed E-state index contributed by atoms with van der Waals surface area (Å²) in [7, 11) is 3.21. The predicted molar refractivity (Wildman–Crippen MR) is 90.2 cm³/mol. The molecule has 0 aliphatic rings. The minimum Gasteiger partial charge on any atom is -0.491 e. The average molecular weight is 343 g/mol. The van der Waals surface area contributed by atoms with E-state index in [9.17, 15) is 0 Å². The Balaban J connectivity index is 2.01. The van der Waals surface area contributed by atoms with Crippen molar-refractivity contribution in [2.75, 3.05) is 67.0 Å². The van der Waals surface area contributed by atoms with Gasteiger partial charge >= 0.3 is 0 Å². The number of ether oxygens (including phenoxy) is 6. The Hall–Kier alpha value is -1.22. The van der Waals surface area contributed by atoms with Crippen LogP contribution in [0, 0.1) is 0 Å². The van der Waals surface area contributed by atoms with E-state index >= 15 is 0 Å². The molecule has 1 aromatic carbocycles. The topological polar surface area (TPSA) is 81.4 Å². The Morgan fingerprint density at radius 2 is 1.25 bits per heavy atom. The quantitative estimate of drug-likeness (QED) is 0.380. The number of hydrogen-bond donors (Lipinski definition) is 1. The van der Waals surface area contributed by atoms with Crippen molar-refractivity contribution in [2.24, 2.45) is 5.73 Å². The summed E-state index contributed by atoms with van der Waals surface area (Å²) in [6.07, 6.45) is -0.358. The molecule has 1 aromatic rings. The van der Waals surface area contributed by atoms with Crippen LogP contribution in [0.5, 0.6) is 5.75 Å². The molecule has 0 amide bonds. The summed E-state index contributed by atoms with van der Waals surface area (Å²) in [5.74, 6) is 0.779. The summed E-state index contributed by atoms with van der Waals surface area (Å²) in [6.45, 7) is 4.27. The fraction of sp³-hybridized carbons (Fsp3) is 0.647. The maximum atomic E-state index is 5.60. The zero-order chi connectivity index (χ0) is 17.5. The van der Waals surface area contributed by atoms with Crippen molar-refractivity contribution in [1.82, 2.24) is 0 Å². The number of rotatable bonds is 15. The van der Waals surface area contributed by atoms with E-state index in [2.05, 4.69) is 0 Å². The van der Waals surface area contributed by atoms with Gasteiger partial charge in [-0.15, -0.1) is 0 Å². The molecule has 0 bridgehead atoms. The Morgan fingerprint density at radius 3 is 1.75 bits per heavy atom. The van der Waals surface area contributed by atoms with Gasteiger partial charge in [-0.25, -0.2) is 0 Å². The molecule has 138 valence electrons. The second-order valence-electron chi connectivity index (χ2n) is 4.85. The Kier molecular flexibility index (Phi) is 12.3. The van der Waals surface area contributed by atoms with Crippen LogP contribution in [0.25, 0.3) is 0 Å². The predicted octanol–water partition coefficient (Wildman–Crippen LogP) is 1.37. The molecule has 0 spiro atoms. The van der Waals surface area contributed by atoms with Crippen molar-refractivity contribution < 1.29 is 28.4 Å². The van der Waals surface area contributed by atoms with Crippen molar-refractivity contribution >= 4 is 0 Å². The van der Waals surface area contributed by atoms with Gasteiger partial charge in [0.2, 0.25) is 0 Å². The lowest BCUT2D eigenvalue weighted by Crippen LogP contribution is -2.14. The van der Waals surface area contributed by atoms with Gasteiger partial charge in [0.25, 0.3) is 0 Å². The highest BCUT2D eigenvalue weighted by Crippen LogP contribution is 2.20. The fourth-order valence-corrected chi connectivity index (χ4v) is 1.93. The normalized spacial score (nSPS) is 11.2. The van der Waals surface area contributed by atoms with Gasteiger partial charge in [-0.2, -0.15) is 0 Å². The lowest BCUT2D eigenvalue weighted by Gasteiger charge is -2.14. The molecular weight excluding hydrogens is 314 g/mol. The Labute approximate surface area is 143 Å². The molecule has 24 heavy (non-hydrogen) atoms. The first-order chi connectivity index (χ1) is 11.8. The second-order valence-corrected chi connectivity index (χ2v) is 4.85. The molecule has 0 aromatic heterocycles. The molecule has 0 saturated carbocycles. The fourth-order valence-electron chi connectivity index (χ4n) is 1.93. The van der Waals surface area contributed by atoms with Crippen LogP contribution >= 0.6 is 0 Å². The van der Waals surface area contributed by atoms with Crippen LogP contribution in [0.1, 0.15) is 11.9 Å². The van der Waals surface area contributed by atoms with E-state index in [1.54, 1.807) is 14.2 Å². The zero-order valence-corrected chi connectivity index (χ0v) is 14.6. The van der Waals surface area contributed by atoms with Crippen molar-refractivity contribution in [3.05, 3.63) is 29.8 Å². The summed E-state index contributed by atoms with van der Waals surface area (Å²) in [5.41, 5.74) is 6.24. The van der Waals surface area contributed by atoms with Gasteiger partial charge in [-0.1, -0.05) is 12.1 Å². The van der Waals surface area contributed by atoms with Gasteiger partial charge in [0.05, 0.1) is 39.6 Å². The van der Waals surface area contributed by atoms with Gasteiger partial charge in [0.1, 0.15) is 12.4 Å². The molecule has 0 saturated heterocycles. The first-order valence-electron chi connectivity index (χ1n) is 8.03. The number of hydrogen-bond acceptors (Lipinski definition) is 7. The maximum absolute atomic E-state index is 5.60. The van der Waals surface area contributed by atoms with E-state index in [0.29, 0.717) is 52.8 Å². The second kappa shape index (κ2) is 14.2. The standard InChI is InChI=1S/C17H29NO6/c1-19-17(20-2)15-3-5-16(6-4-15)24-14-13-23-12-11-22-10-9-21-8-7-18/h3-6,17H,7-14,18H2,1-2H3. The van der Waals surface area contributed by atoms with Gasteiger partial charge in [0.15, 0.2) is 6.29 Å². The van der Waals surface area contributed by atoms with Crippen molar-refractivity contribution in [3.63, 3.8) is 0 Å². The van der Waals surface area contributed by atoms with Gasteiger partial charge in [-0.05, 0) is 12.1 Å². The third-order valence-corrected chi connectivity index (χ3v) is 3.08. The molecule has 0 aliphatic heterocycles. The van der Waals surface area contributed by atoms with Crippen molar-refractivity contribution in [2.45, 2.75) is 6.29 Å². The van der Waals surface area contributed by atoms with Crippen molar-refractivity contribution in [1.29, 1.82) is 0 Å². The molecule has 0 aliphatic carbocycles. The Morgan fingerprint density at radius 1 is 0.750 bits per heavy atom. The lowest BCUT2D eigenvalue weighted by atomic mass is 10.2. The van der Waals surface area contributed by atoms with Gasteiger partial charge < -0.3 is 34.2 Å². The summed E-state index contributed by atoms with van der Waals surface area (Å²) in [5, 5.41) is 0. The first-order valence-corrected chi connectivity index (χ1v) is 8.03. The first kappa shape index (κ1) is 20.8. The molecule has 0 radical (unpaired) electrons. The van der Waals surface area contributed by atoms with E-state index < -0.39 is 0 Å². The summed E-state index contributed by atoms with van der Waals surface area (Å²) < 4.78 is 31.9. The van der Waals surface area contributed by atoms with E-state index in [1.165, 1.54) is 0 Å². The van der Waals surface area contributed by atoms with E-state index in [-0.39, 0.29) is 6.29 Å². The highest BCUT2D eigenvalue weighted by atomic mass is 16.7. The van der Waals surface area contributed by atoms with Crippen LogP contribution in [0.3, 0.4) is 0 Å². The minimum atomic E-state index is -0.358. The van der Waals surface area contributed by atoms with E-state index in [1.807, 2.05) is 24.3 Å². The molecule has 0 heterocycles. The highest BCUT2D eigenvalue weighted by Gasteiger charge is 2.08. The lowest BCUT2D eigenvalue weighted by molar-refractivity contribution is -0.106. The van der Waals surface area contributed by atoms with Crippen molar-refractivity contribution in [3.8, 4) is 5.75 Å². The highest BCUT2D eigenvalue weighted by molar-refractivity contribution is 5.27. The van der Waals surface area contributed by atoms with Crippen LogP contribution in [0.15, 0.2) is 24.3 Å². The molecule has 2 N–H and O–H groups in total. The maximum Gasteiger partial charge on any atom is 0.183 e. The molecular formula is C17H29NO6. The molecule has 0 atom stereocenters. The summed E-state index contributed by atoms with van der Waals surface area (Å²) in [6, 6.07) is 7.58. The smallest absolute Gasteiger partial charge is 0.183 e. The van der Waals surface area contributed by atoms with Gasteiger partial charge in [0, 0.05) is 26.3 Å². The average Bonchev–Trinajstić information content (AvgIpc) is 2.62. The monoisotopic (exact) mass is 343 g/mol. The summed E-state index contributed by atoms with van der Waals surface area (Å²) in [4.78, 5) is 0. The minimum absolute atomic E-state index is 0.358. The number of nitrogens with two attached hydrogens (primary N) is 1. The van der Waals surface area contributed by atoms with Crippen LogP contribution < -0.4 is 10.5 Å². The molecule has 7 nitrogen and oxygen atoms in total. The van der Waals surface area contributed by atoms with E-state index in [0.717, 1.165) is 11.3 Å². The number of methoxy groups -OCH3 is 2. The molecule has 7 heteroatoms. The third-order valence-electron chi connectivity index (χ3n) is 3.08. The molecule has 1 rings (SSSR count). The van der Waals surface area contributed by atoms with Crippen LogP contribution in [0.4, 0.5) is 0 Å². The van der Waals surface area contributed by atoms with Crippen LogP contribution in [0.2, 0.25) is 0 Å². The largest absolute Gasteiger partial charge is 0.491 e. The van der Waals surface area contributed by atoms with Crippen LogP contribution in [-0.4, -0.2) is 67.0 Å². The Bertz CT molecular complexity index is 397. The molecule has 0 unspecified atom stereocenters.